The number of unbranched alkanes of at least 4 members (excludes halogenated alkanes) is 8. The molecule has 0 fully saturated rings. The van der Waals surface area contributed by atoms with E-state index in [-0.39, 0.29) is 6.54 Å². The van der Waals surface area contributed by atoms with Crippen LogP contribution in [0.5, 0.6) is 0 Å². The monoisotopic (exact) mass is 315 g/mol. The lowest BCUT2D eigenvalue weighted by atomic mass is 10.1. The van der Waals surface area contributed by atoms with Crippen molar-refractivity contribution < 1.29 is 19.4 Å². The molecule has 22 heavy (non-hydrogen) atoms. The Morgan fingerprint density at radius 2 is 1.50 bits per heavy atom. The molecule has 1 unspecified atom stereocenters. The van der Waals surface area contributed by atoms with E-state index in [0.717, 1.165) is 19.3 Å². The van der Waals surface area contributed by atoms with Gasteiger partial charge in [0.2, 0.25) is 0 Å². The van der Waals surface area contributed by atoms with Gasteiger partial charge in [-0.3, -0.25) is 9.59 Å². The maximum absolute atomic E-state index is 11.4. The van der Waals surface area contributed by atoms with Crippen LogP contribution in [-0.4, -0.2) is 36.2 Å². The molecule has 5 nitrogen and oxygen atoms in total. The van der Waals surface area contributed by atoms with Gasteiger partial charge >= 0.3 is 11.9 Å². The van der Waals surface area contributed by atoms with Crippen LogP contribution in [0.15, 0.2) is 0 Å². The van der Waals surface area contributed by atoms with Gasteiger partial charge in [-0.25, -0.2) is 0 Å². The largest absolute Gasteiger partial charge is 0.392 e. The average Bonchev–Trinajstić information content (AvgIpc) is 2.45. The van der Waals surface area contributed by atoms with Crippen molar-refractivity contribution in [2.45, 2.75) is 84.2 Å². The molecule has 2 N–H and O–H groups in total. The van der Waals surface area contributed by atoms with Gasteiger partial charge in [0.05, 0.1) is 12.6 Å². The molecule has 0 bridgehead atoms. The third-order valence-corrected chi connectivity index (χ3v) is 3.42. The van der Waals surface area contributed by atoms with E-state index >= 15 is 0 Å². The molecule has 0 rings (SSSR count). The van der Waals surface area contributed by atoms with Gasteiger partial charge in [-0.1, -0.05) is 58.3 Å². The number of carbonyl (C=O) groups excluding carboxylic acids is 2. The fourth-order valence-corrected chi connectivity index (χ4v) is 2.18. The topological polar surface area (TPSA) is 75.6 Å². The Balaban J connectivity index is 3.36. The highest BCUT2D eigenvalue weighted by molar-refractivity contribution is 5.86. The molecule has 0 spiro atoms. The lowest BCUT2D eigenvalue weighted by Gasteiger charge is -2.06. The van der Waals surface area contributed by atoms with Gasteiger partial charge in [0.15, 0.2) is 0 Å². The van der Waals surface area contributed by atoms with Gasteiger partial charge in [0.25, 0.3) is 0 Å². The summed E-state index contributed by atoms with van der Waals surface area (Å²) in [6.45, 7) is 4.09. The van der Waals surface area contributed by atoms with Crippen LogP contribution in [0.1, 0.15) is 78.1 Å². The molecule has 0 aromatic carbocycles. The van der Waals surface area contributed by atoms with E-state index in [4.69, 9.17) is 5.11 Å². The first-order valence-electron chi connectivity index (χ1n) is 8.68. The van der Waals surface area contributed by atoms with Gasteiger partial charge < -0.3 is 15.2 Å². The van der Waals surface area contributed by atoms with E-state index in [9.17, 15) is 9.59 Å². The maximum atomic E-state index is 11.4. The zero-order chi connectivity index (χ0) is 16.6. The predicted molar refractivity (Wildman–Crippen MR) is 87.5 cm³/mol. The summed E-state index contributed by atoms with van der Waals surface area (Å²) in [7, 11) is 0. The van der Waals surface area contributed by atoms with Gasteiger partial charge in [-0.05, 0) is 13.3 Å². The summed E-state index contributed by atoms with van der Waals surface area (Å²) in [5.74, 6) is -1.03. The van der Waals surface area contributed by atoms with Gasteiger partial charge in [0, 0.05) is 13.0 Å². The number of hydrogen-bond acceptors (Lipinski definition) is 5. The second kappa shape index (κ2) is 15.0. The van der Waals surface area contributed by atoms with Crippen molar-refractivity contribution in [2.75, 3.05) is 13.1 Å². The Hall–Kier alpha value is -0.940. The van der Waals surface area contributed by atoms with Crippen LogP contribution in [0.3, 0.4) is 0 Å². The number of ether oxygens (including phenoxy) is 1. The highest BCUT2D eigenvalue weighted by Crippen LogP contribution is 2.10. The molecule has 0 aromatic heterocycles. The smallest absolute Gasteiger partial charge is 0.327 e. The molecule has 0 heterocycles. The highest BCUT2D eigenvalue weighted by atomic mass is 16.6. The summed E-state index contributed by atoms with van der Waals surface area (Å²) in [5.41, 5.74) is 0. The molecule has 0 radical (unpaired) electrons. The average molecular weight is 315 g/mol. The molecule has 0 aromatic rings. The Morgan fingerprint density at radius 1 is 0.955 bits per heavy atom. The van der Waals surface area contributed by atoms with Crippen molar-refractivity contribution in [1.82, 2.24) is 5.32 Å². The Kier molecular flexibility index (Phi) is 14.3. The van der Waals surface area contributed by atoms with E-state index in [1.54, 1.807) is 6.92 Å². The molecule has 0 saturated carbocycles. The fraction of sp³-hybridized carbons (Fsp3) is 0.882. The minimum absolute atomic E-state index is 0.0472. The first-order valence-corrected chi connectivity index (χ1v) is 8.68. The molecule has 0 aliphatic rings. The third-order valence-electron chi connectivity index (χ3n) is 3.42. The summed E-state index contributed by atoms with van der Waals surface area (Å²) < 4.78 is 4.68. The first-order chi connectivity index (χ1) is 10.6. The minimum Gasteiger partial charge on any atom is -0.392 e. The Bertz CT molecular complexity index is 292. The number of nitrogens with one attached hydrogen (secondary N) is 1. The number of hydrogen-bond donors (Lipinski definition) is 2. The van der Waals surface area contributed by atoms with Crippen LogP contribution in [0.25, 0.3) is 0 Å². The summed E-state index contributed by atoms with van der Waals surface area (Å²) in [6.07, 6.45) is 10.4. The molecular formula is C17H33NO4. The molecule has 5 heteroatoms. The van der Waals surface area contributed by atoms with E-state index in [0.29, 0.717) is 13.0 Å². The second-order valence-electron chi connectivity index (χ2n) is 5.90. The Labute approximate surface area is 134 Å². The number of aliphatic hydroxyl groups excluding tert-OH is 1. The molecule has 130 valence electrons. The number of aliphatic hydroxyl groups is 1. The van der Waals surface area contributed by atoms with Gasteiger partial charge in [-0.15, -0.1) is 0 Å². The summed E-state index contributed by atoms with van der Waals surface area (Å²) in [4.78, 5) is 22.7. The summed E-state index contributed by atoms with van der Waals surface area (Å²) >= 11 is 0. The van der Waals surface area contributed by atoms with Crippen LogP contribution in [0, 0.1) is 0 Å². The molecule has 0 aliphatic carbocycles. The SMILES string of the molecule is CCCCCCCCCCCC(=O)OC(=O)CNCC(C)O. The maximum Gasteiger partial charge on any atom is 0.327 e. The zero-order valence-corrected chi connectivity index (χ0v) is 14.2. The van der Waals surface area contributed by atoms with Crippen molar-refractivity contribution in [3.8, 4) is 0 Å². The molecular weight excluding hydrogens is 282 g/mol. The van der Waals surface area contributed by atoms with Crippen molar-refractivity contribution in [2.24, 2.45) is 0 Å². The van der Waals surface area contributed by atoms with Crippen molar-refractivity contribution >= 4 is 11.9 Å². The van der Waals surface area contributed by atoms with Gasteiger partial charge in [0.1, 0.15) is 0 Å². The van der Waals surface area contributed by atoms with Crippen molar-refractivity contribution in [1.29, 1.82) is 0 Å². The summed E-state index contributed by atoms with van der Waals surface area (Å²) in [5, 5.41) is 11.7. The van der Waals surface area contributed by atoms with Crippen LogP contribution >= 0.6 is 0 Å². The number of esters is 2. The zero-order valence-electron chi connectivity index (χ0n) is 14.2. The normalized spacial score (nSPS) is 12.1. The van der Waals surface area contributed by atoms with E-state index in [1.807, 2.05) is 0 Å². The lowest BCUT2D eigenvalue weighted by Crippen LogP contribution is -2.31. The fourth-order valence-electron chi connectivity index (χ4n) is 2.18. The molecule has 0 amide bonds. The Morgan fingerprint density at radius 3 is 2.05 bits per heavy atom. The number of carbonyl (C=O) groups is 2. The van der Waals surface area contributed by atoms with E-state index in [1.165, 1.54) is 38.5 Å². The van der Waals surface area contributed by atoms with Crippen LogP contribution in [0.4, 0.5) is 0 Å². The minimum atomic E-state index is -0.582. The van der Waals surface area contributed by atoms with Crippen LogP contribution in [0.2, 0.25) is 0 Å². The van der Waals surface area contributed by atoms with Crippen molar-refractivity contribution in [3.63, 3.8) is 0 Å². The lowest BCUT2D eigenvalue weighted by molar-refractivity contribution is -0.159. The van der Waals surface area contributed by atoms with Crippen LogP contribution in [-0.2, 0) is 14.3 Å². The summed E-state index contributed by atoms with van der Waals surface area (Å²) in [6, 6.07) is 0. The standard InChI is InChI=1S/C17H33NO4/c1-3-4-5-6-7-8-9-10-11-12-16(20)22-17(21)14-18-13-15(2)19/h15,18-19H,3-14H2,1-2H3. The van der Waals surface area contributed by atoms with Gasteiger partial charge in [-0.2, -0.15) is 0 Å². The molecule has 0 aliphatic heterocycles. The molecule has 0 saturated heterocycles. The van der Waals surface area contributed by atoms with E-state index in [2.05, 4.69) is 17.0 Å². The van der Waals surface area contributed by atoms with E-state index < -0.39 is 18.0 Å². The number of rotatable bonds is 14. The highest BCUT2D eigenvalue weighted by Gasteiger charge is 2.10. The van der Waals surface area contributed by atoms with Crippen molar-refractivity contribution in [3.05, 3.63) is 0 Å². The first kappa shape index (κ1) is 21.1. The second-order valence-corrected chi connectivity index (χ2v) is 5.90. The third kappa shape index (κ3) is 15.4. The predicted octanol–water partition coefficient (Wildman–Crippen LogP) is 2.95. The molecule has 1 atom stereocenters. The quantitative estimate of drug-likeness (QED) is 0.293. The van der Waals surface area contributed by atoms with Crippen LogP contribution < -0.4 is 5.32 Å².